The Morgan fingerprint density at radius 3 is 2.36 bits per heavy atom. The lowest BCUT2D eigenvalue weighted by atomic mass is 10.0. The predicted octanol–water partition coefficient (Wildman–Crippen LogP) is 3.69. The Hall–Kier alpha value is -0.430. The second-order valence-electron chi connectivity index (χ2n) is 2.84. The Bertz CT molecular complexity index is 228. The van der Waals surface area contributed by atoms with Crippen molar-refractivity contribution in [3.8, 4) is 0 Å². The van der Waals surface area contributed by atoms with Crippen molar-refractivity contribution in [2.24, 2.45) is 0 Å². The Morgan fingerprint density at radius 2 is 1.91 bits per heavy atom. The largest absolute Gasteiger partial charge is 0.125 e. The first-order chi connectivity index (χ1) is 5.25. The molecule has 0 spiro atoms. The highest BCUT2D eigenvalue weighted by atomic mass is 32.2. The van der Waals surface area contributed by atoms with Gasteiger partial charge in [-0.15, -0.1) is 11.8 Å². The van der Waals surface area contributed by atoms with Crippen molar-refractivity contribution in [2.45, 2.75) is 24.7 Å². The van der Waals surface area contributed by atoms with E-state index in [1.54, 1.807) is 11.8 Å². The van der Waals surface area contributed by atoms with Crippen LogP contribution in [0.2, 0.25) is 0 Å². The van der Waals surface area contributed by atoms with Gasteiger partial charge in [0.1, 0.15) is 0 Å². The highest BCUT2D eigenvalue weighted by Crippen LogP contribution is 2.26. The summed E-state index contributed by atoms with van der Waals surface area (Å²) in [5.74, 6) is 0.598. The molecule has 0 aliphatic heterocycles. The maximum atomic E-state index is 3.82. The zero-order chi connectivity index (χ0) is 8.27. The highest BCUT2D eigenvalue weighted by molar-refractivity contribution is 8.00. The molecule has 0 fully saturated rings. The van der Waals surface area contributed by atoms with Crippen molar-refractivity contribution in [1.29, 1.82) is 0 Å². The smallest absolute Gasteiger partial charge is 0.0107 e. The molecule has 0 atom stereocenters. The summed E-state index contributed by atoms with van der Waals surface area (Å²) in [5.41, 5.74) is 1.40. The van der Waals surface area contributed by atoms with E-state index >= 15 is 0 Å². The minimum atomic E-state index is 0.598. The third-order valence-corrected chi connectivity index (χ3v) is 2.38. The minimum Gasteiger partial charge on any atom is -0.125 e. The quantitative estimate of drug-likeness (QED) is 0.602. The van der Waals surface area contributed by atoms with E-state index < -0.39 is 0 Å². The Morgan fingerprint density at radius 1 is 1.27 bits per heavy atom. The Balaban J connectivity index is 3.02. The monoisotopic (exact) mass is 165 g/mol. The van der Waals surface area contributed by atoms with Gasteiger partial charge in [-0.2, -0.15) is 0 Å². The first kappa shape index (κ1) is 8.66. The maximum absolute atomic E-state index is 3.82. The van der Waals surface area contributed by atoms with Crippen LogP contribution in [0.1, 0.15) is 25.3 Å². The van der Waals surface area contributed by atoms with Crippen LogP contribution in [-0.2, 0) is 0 Å². The van der Waals surface area contributed by atoms with E-state index in [1.807, 2.05) is 0 Å². The van der Waals surface area contributed by atoms with Crippen LogP contribution in [0.25, 0.3) is 0 Å². The second kappa shape index (κ2) is 3.82. The number of thioether (sulfide) groups is 1. The lowest BCUT2D eigenvalue weighted by molar-refractivity contribution is 0.843. The molecule has 1 heteroatoms. The van der Waals surface area contributed by atoms with Crippen LogP contribution in [0.3, 0.4) is 0 Å². The number of hydrogen-bond donors (Lipinski definition) is 0. The molecule has 0 saturated carbocycles. The molecule has 59 valence electrons. The minimum absolute atomic E-state index is 0.598. The van der Waals surface area contributed by atoms with E-state index in [1.165, 1.54) is 10.5 Å². The van der Waals surface area contributed by atoms with Gasteiger partial charge in [-0.25, -0.2) is 0 Å². The summed E-state index contributed by atoms with van der Waals surface area (Å²) in [6, 6.07) is 8.42. The molecule has 1 aromatic rings. The number of rotatable bonds is 2. The molecule has 1 radical (unpaired) electrons. The molecule has 1 rings (SSSR count). The van der Waals surface area contributed by atoms with Gasteiger partial charge in [0.2, 0.25) is 0 Å². The average Bonchev–Trinajstić information content (AvgIpc) is 2.04. The van der Waals surface area contributed by atoms with Crippen LogP contribution in [-0.4, -0.2) is 0 Å². The summed E-state index contributed by atoms with van der Waals surface area (Å²) < 4.78 is 0. The van der Waals surface area contributed by atoms with Gasteiger partial charge in [-0.1, -0.05) is 32.0 Å². The summed E-state index contributed by atoms with van der Waals surface area (Å²) >= 11 is 1.57. The van der Waals surface area contributed by atoms with Crippen LogP contribution >= 0.6 is 11.8 Å². The Labute approximate surface area is 73.0 Å². The van der Waals surface area contributed by atoms with Gasteiger partial charge in [0.15, 0.2) is 0 Å². The van der Waals surface area contributed by atoms with Gasteiger partial charge in [0.25, 0.3) is 0 Å². The molecule has 0 nitrogen and oxygen atoms in total. The molecule has 0 N–H and O–H groups in total. The highest BCUT2D eigenvalue weighted by Gasteiger charge is 2.02. The van der Waals surface area contributed by atoms with Crippen molar-refractivity contribution < 1.29 is 0 Å². The third-order valence-electron chi connectivity index (χ3n) is 1.70. The lowest BCUT2D eigenvalue weighted by Crippen LogP contribution is -1.88. The number of hydrogen-bond acceptors (Lipinski definition) is 1. The summed E-state index contributed by atoms with van der Waals surface area (Å²) in [6.07, 6.45) is 3.82. The second-order valence-corrected chi connectivity index (χ2v) is 3.57. The van der Waals surface area contributed by atoms with Crippen molar-refractivity contribution in [2.75, 3.05) is 0 Å². The number of benzene rings is 1. The summed E-state index contributed by atoms with van der Waals surface area (Å²) in [4.78, 5) is 1.29. The topological polar surface area (TPSA) is 0 Å². The van der Waals surface area contributed by atoms with E-state index in [2.05, 4.69) is 44.4 Å². The fourth-order valence-electron chi connectivity index (χ4n) is 1.09. The molecule has 0 heterocycles. The lowest BCUT2D eigenvalue weighted by Gasteiger charge is -2.09. The zero-order valence-electron chi connectivity index (χ0n) is 7.00. The summed E-state index contributed by atoms with van der Waals surface area (Å²) in [7, 11) is 0. The van der Waals surface area contributed by atoms with Crippen molar-refractivity contribution >= 4 is 11.8 Å². The molecule has 0 bridgehead atoms. The first-order valence-electron chi connectivity index (χ1n) is 3.76. The molecule has 0 aliphatic carbocycles. The molecule has 0 amide bonds. The van der Waals surface area contributed by atoms with E-state index in [4.69, 9.17) is 0 Å². The normalized spacial score (nSPS) is 10.5. The standard InChI is InChI=1S/C10H13S/c1-8(2)9-6-4-5-7-10(9)11-3/h4-8H,3H2,1-2H3. The van der Waals surface area contributed by atoms with Crippen LogP contribution in [0.5, 0.6) is 0 Å². The van der Waals surface area contributed by atoms with E-state index in [0.29, 0.717) is 5.92 Å². The molecular formula is C10H13S. The van der Waals surface area contributed by atoms with Crippen molar-refractivity contribution in [1.82, 2.24) is 0 Å². The van der Waals surface area contributed by atoms with E-state index in [0.717, 1.165) is 0 Å². The first-order valence-corrected chi connectivity index (χ1v) is 4.75. The van der Waals surface area contributed by atoms with E-state index in [9.17, 15) is 0 Å². The molecule has 0 saturated heterocycles. The molecule has 0 aliphatic rings. The predicted molar refractivity (Wildman–Crippen MR) is 51.7 cm³/mol. The third kappa shape index (κ3) is 2.00. The van der Waals surface area contributed by atoms with Gasteiger partial charge in [-0.05, 0) is 17.5 Å². The van der Waals surface area contributed by atoms with Gasteiger partial charge in [0, 0.05) is 11.2 Å². The van der Waals surface area contributed by atoms with Crippen molar-refractivity contribution in [3.05, 3.63) is 36.1 Å². The van der Waals surface area contributed by atoms with Gasteiger partial charge in [0.05, 0.1) is 0 Å². The van der Waals surface area contributed by atoms with Crippen molar-refractivity contribution in [3.63, 3.8) is 0 Å². The summed E-state index contributed by atoms with van der Waals surface area (Å²) in [6.45, 7) is 4.41. The van der Waals surface area contributed by atoms with Gasteiger partial charge >= 0.3 is 0 Å². The summed E-state index contributed by atoms with van der Waals surface area (Å²) in [5, 5.41) is 0. The molecule has 11 heavy (non-hydrogen) atoms. The Kier molecular flexibility index (Phi) is 3.01. The fraction of sp³-hybridized carbons (Fsp3) is 0.300. The molecule has 1 aromatic carbocycles. The van der Waals surface area contributed by atoms with Crippen LogP contribution < -0.4 is 0 Å². The molecule has 0 unspecified atom stereocenters. The molecular weight excluding hydrogens is 152 g/mol. The zero-order valence-corrected chi connectivity index (χ0v) is 7.82. The van der Waals surface area contributed by atoms with Crippen LogP contribution in [0, 0.1) is 6.26 Å². The van der Waals surface area contributed by atoms with Gasteiger partial charge in [-0.3, -0.25) is 0 Å². The van der Waals surface area contributed by atoms with Gasteiger partial charge < -0.3 is 0 Å². The fourth-order valence-corrected chi connectivity index (χ4v) is 1.73. The molecule has 0 aromatic heterocycles. The average molecular weight is 165 g/mol. The SMILES string of the molecule is [CH2]Sc1ccccc1C(C)C. The maximum Gasteiger partial charge on any atom is 0.0107 e. The van der Waals surface area contributed by atoms with E-state index in [-0.39, 0.29) is 0 Å². The van der Waals surface area contributed by atoms with Crippen LogP contribution in [0.4, 0.5) is 0 Å². The van der Waals surface area contributed by atoms with Crippen LogP contribution in [0.15, 0.2) is 29.2 Å².